The number of carbonyl (C=O) groups is 1. The molecule has 0 rings (SSSR count). The second kappa shape index (κ2) is 41.8. The van der Waals surface area contributed by atoms with E-state index >= 15 is 0 Å². The molecule has 0 bridgehead atoms. The number of ether oxygens (including phenoxy) is 11. The minimum absolute atomic E-state index is 0.157. The molecule has 0 amide bonds. The van der Waals surface area contributed by atoms with Crippen LogP contribution in [0.2, 0.25) is 0 Å². The van der Waals surface area contributed by atoms with Crippen molar-refractivity contribution in [3.63, 3.8) is 0 Å². The van der Waals surface area contributed by atoms with Crippen LogP contribution in [0.5, 0.6) is 0 Å². The predicted molar refractivity (Wildman–Crippen MR) is 181 cm³/mol. The molecule has 0 aromatic heterocycles. The van der Waals surface area contributed by atoms with Crippen LogP contribution in [-0.4, -0.2) is 149 Å². The Hall–Kier alpha value is -0.200. The first-order chi connectivity index (χ1) is 22.3. The van der Waals surface area contributed by atoms with E-state index < -0.39 is 0 Å². The van der Waals surface area contributed by atoms with Crippen molar-refractivity contribution in [3.05, 3.63) is 0 Å². The Balaban J connectivity index is 3.07. The fraction of sp³-hybridized carbons (Fsp3) is 0.969. The number of unbranched alkanes of at least 4 members (excludes halogenated alkanes) is 5. The molecule has 0 aromatic carbocycles. The van der Waals surface area contributed by atoms with Gasteiger partial charge in [0.05, 0.1) is 126 Å². The van der Waals surface area contributed by atoms with E-state index in [1.54, 1.807) is 0 Å². The molecule has 0 aliphatic rings. The SMILES string of the molecule is CCCCCC(=O)OCCOCCOCCOCCOCCOCCOCCOCCOCCOCCOCCCCCCI. The molecule has 0 spiro atoms. The van der Waals surface area contributed by atoms with Crippen LogP contribution < -0.4 is 0 Å². The van der Waals surface area contributed by atoms with Gasteiger partial charge in [0.25, 0.3) is 0 Å². The molecule has 0 saturated heterocycles. The third-order valence-electron chi connectivity index (χ3n) is 6.00. The zero-order chi connectivity index (χ0) is 32.6. The first-order valence-corrected chi connectivity index (χ1v) is 18.3. The maximum atomic E-state index is 11.5. The van der Waals surface area contributed by atoms with E-state index in [0.29, 0.717) is 132 Å². The molecule has 45 heavy (non-hydrogen) atoms. The summed E-state index contributed by atoms with van der Waals surface area (Å²) in [5, 5.41) is 0. The maximum Gasteiger partial charge on any atom is 0.305 e. The highest BCUT2D eigenvalue weighted by Gasteiger charge is 2.02. The first kappa shape index (κ1) is 44.8. The molecule has 0 radical (unpaired) electrons. The third kappa shape index (κ3) is 41.8. The van der Waals surface area contributed by atoms with Gasteiger partial charge >= 0.3 is 5.97 Å². The Morgan fingerprint density at radius 3 is 1.02 bits per heavy atom. The van der Waals surface area contributed by atoms with Gasteiger partial charge < -0.3 is 52.1 Å². The number of carbonyl (C=O) groups excluding carboxylic acids is 1. The average Bonchev–Trinajstić information content (AvgIpc) is 3.04. The van der Waals surface area contributed by atoms with Crippen LogP contribution in [0.4, 0.5) is 0 Å². The smallest absolute Gasteiger partial charge is 0.305 e. The van der Waals surface area contributed by atoms with Gasteiger partial charge in [-0.25, -0.2) is 0 Å². The third-order valence-corrected chi connectivity index (χ3v) is 6.76. The molecule has 0 fully saturated rings. The Morgan fingerprint density at radius 2 is 0.689 bits per heavy atom. The second-order valence-corrected chi connectivity index (χ2v) is 11.0. The summed E-state index contributed by atoms with van der Waals surface area (Å²) in [6.07, 6.45) is 8.48. The summed E-state index contributed by atoms with van der Waals surface area (Å²) in [6, 6.07) is 0. The lowest BCUT2D eigenvalue weighted by atomic mass is 10.2. The fourth-order valence-corrected chi connectivity index (χ4v) is 4.08. The lowest BCUT2D eigenvalue weighted by molar-refractivity contribution is -0.145. The van der Waals surface area contributed by atoms with Crippen molar-refractivity contribution < 1.29 is 56.9 Å². The zero-order valence-corrected chi connectivity index (χ0v) is 30.1. The molecule has 13 heteroatoms. The lowest BCUT2D eigenvalue weighted by Gasteiger charge is -2.09. The van der Waals surface area contributed by atoms with E-state index in [-0.39, 0.29) is 12.6 Å². The minimum Gasteiger partial charge on any atom is -0.463 e. The highest BCUT2D eigenvalue weighted by atomic mass is 127. The Kier molecular flexibility index (Phi) is 41.6. The van der Waals surface area contributed by atoms with E-state index in [4.69, 9.17) is 52.1 Å². The van der Waals surface area contributed by atoms with Gasteiger partial charge in [-0.15, -0.1) is 0 Å². The van der Waals surface area contributed by atoms with Crippen molar-refractivity contribution >= 4 is 28.6 Å². The monoisotopic (exact) mass is 766 g/mol. The number of esters is 1. The van der Waals surface area contributed by atoms with Crippen LogP contribution in [-0.2, 0) is 56.9 Å². The Labute approximate surface area is 286 Å². The summed E-state index contributed by atoms with van der Waals surface area (Å²) in [4.78, 5) is 11.5. The van der Waals surface area contributed by atoms with Crippen LogP contribution in [0, 0.1) is 0 Å². The Morgan fingerprint density at radius 1 is 0.378 bits per heavy atom. The van der Waals surface area contributed by atoms with E-state index in [2.05, 4.69) is 29.5 Å². The van der Waals surface area contributed by atoms with Crippen molar-refractivity contribution in [1.82, 2.24) is 0 Å². The van der Waals surface area contributed by atoms with Gasteiger partial charge in [0.1, 0.15) is 6.61 Å². The Bertz CT molecular complexity index is 562. The zero-order valence-electron chi connectivity index (χ0n) is 28.0. The highest BCUT2D eigenvalue weighted by Crippen LogP contribution is 2.02. The van der Waals surface area contributed by atoms with Gasteiger partial charge in [0.15, 0.2) is 0 Å². The van der Waals surface area contributed by atoms with Gasteiger partial charge in [0, 0.05) is 13.0 Å². The molecule has 0 aliphatic heterocycles. The topological polar surface area (TPSA) is 119 Å². The molecule has 270 valence electrons. The largest absolute Gasteiger partial charge is 0.463 e. The molecule has 0 unspecified atom stereocenters. The number of rotatable bonds is 40. The van der Waals surface area contributed by atoms with Crippen molar-refractivity contribution in [2.24, 2.45) is 0 Å². The van der Waals surface area contributed by atoms with Crippen molar-refractivity contribution in [2.45, 2.75) is 58.3 Å². The average molecular weight is 767 g/mol. The van der Waals surface area contributed by atoms with Gasteiger partial charge in [-0.05, 0) is 23.7 Å². The summed E-state index contributed by atoms with van der Waals surface area (Å²) in [7, 11) is 0. The van der Waals surface area contributed by atoms with Crippen LogP contribution >= 0.6 is 22.6 Å². The standard InChI is InChI=1S/C32H63IO12/c1-2-3-6-9-32(34)45-31-30-44-29-28-43-27-26-42-25-24-41-23-22-40-21-20-39-19-18-38-17-16-37-15-14-36-13-12-35-11-8-5-4-7-10-33/h2-31H2,1H3. The van der Waals surface area contributed by atoms with Crippen molar-refractivity contribution in [2.75, 3.05) is 143 Å². The van der Waals surface area contributed by atoms with Gasteiger partial charge in [0.2, 0.25) is 0 Å². The number of hydrogen-bond acceptors (Lipinski definition) is 12. The van der Waals surface area contributed by atoms with Crippen molar-refractivity contribution in [1.29, 1.82) is 0 Å². The summed E-state index contributed by atoms with van der Waals surface area (Å²) in [5.41, 5.74) is 0. The summed E-state index contributed by atoms with van der Waals surface area (Å²) in [6.45, 7) is 13.0. The van der Waals surface area contributed by atoms with Gasteiger partial charge in [-0.3, -0.25) is 4.79 Å². The summed E-state index contributed by atoms with van der Waals surface area (Å²) in [5.74, 6) is -0.157. The van der Waals surface area contributed by atoms with Crippen LogP contribution in [0.1, 0.15) is 58.3 Å². The van der Waals surface area contributed by atoms with E-state index in [1.165, 1.54) is 23.7 Å². The molecule has 0 aliphatic carbocycles. The maximum absolute atomic E-state index is 11.5. The predicted octanol–water partition coefficient (Wildman–Crippen LogP) is 4.27. The van der Waals surface area contributed by atoms with Gasteiger partial charge in [-0.2, -0.15) is 0 Å². The van der Waals surface area contributed by atoms with E-state index in [1.807, 2.05) is 0 Å². The molecule has 0 N–H and O–H groups in total. The molecular weight excluding hydrogens is 703 g/mol. The lowest BCUT2D eigenvalue weighted by Crippen LogP contribution is -2.15. The quantitative estimate of drug-likeness (QED) is 0.0384. The number of halogens is 1. The normalized spacial score (nSPS) is 11.4. The van der Waals surface area contributed by atoms with Gasteiger partial charge in [-0.1, -0.05) is 55.2 Å². The summed E-state index contributed by atoms with van der Waals surface area (Å²) >= 11 is 2.42. The van der Waals surface area contributed by atoms with Crippen LogP contribution in [0.15, 0.2) is 0 Å². The molecular formula is C32H63IO12. The van der Waals surface area contributed by atoms with E-state index in [0.717, 1.165) is 32.3 Å². The molecule has 0 aromatic rings. The second-order valence-electron chi connectivity index (χ2n) is 9.90. The van der Waals surface area contributed by atoms with E-state index in [9.17, 15) is 4.79 Å². The fourth-order valence-electron chi connectivity index (χ4n) is 3.54. The highest BCUT2D eigenvalue weighted by molar-refractivity contribution is 14.1. The minimum atomic E-state index is -0.157. The molecule has 0 heterocycles. The summed E-state index contributed by atoms with van der Waals surface area (Å²) < 4.78 is 61.1. The molecule has 0 saturated carbocycles. The first-order valence-electron chi connectivity index (χ1n) is 16.8. The van der Waals surface area contributed by atoms with Crippen LogP contribution in [0.25, 0.3) is 0 Å². The van der Waals surface area contributed by atoms with Crippen molar-refractivity contribution in [3.8, 4) is 0 Å². The number of hydrogen-bond donors (Lipinski definition) is 0. The number of alkyl halides is 1. The van der Waals surface area contributed by atoms with Crippen LogP contribution in [0.3, 0.4) is 0 Å². The molecule has 12 nitrogen and oxygen atoms in total. The molecule has 0 atom stereocenters.